The molecular weight excluding hydrogens is 520 g/mol. The van der Waals surface area contributed by atoms with Gasteiger partial charge in [-0.15, -0.1) is 0 Å². The van der Waals surface area contributed by atoms with E-state index >= 15 is 0 Å². The molecule has 0 bridgehead atoms. The number of aliphatic hydroxyl groups is 2. The monoisotopic (exact) mass is 568 g/mol. The van der Waals surface area contributed by atoms with Crippen LogP contribution in [0.2, 0.25) is 0 Å². The zero-order valence-electron chi connectivity index (χ0n) is 23.1. The smallest absolute Gasteiger partial charge is 0.550 e. The van der Waals surface area contributed by atoms with Gasteiger partial charge in [0.25, 0.3) is 0 Å². The first-order valence-electron chi connectivity index (χ1n) is 13.1. The fraction of sp³-hybridized carbons (Fsp3) is 0.846. The van der Waals surface area contributed by atoms with Gasteiger partial charge in [0.05, 0.1) is 24.1 Å². The van der Waals surface area contributed by atoms with Crippen molar-refractivity contribution in [1.82, 2.24) is 0 Å². The molecule has 2 N–H and O–H groups in total. The molecule has 216 valence electrons. The number of carboxylic acid groups (broad SMARTS) is 4. The largest absolute Gasteiger partial charge is 4.00 e. The number of rotatable bonds is 18. The molecule has 0 fully saturated rings. The average Bonchev–Trinajstić information content (AvgIpc) is 2.84. The summed E-state index contributed by atoms with van der Waals surface area (Å²) in [4.78, 5) is 38.7. The van der Waals surface area contributed by atoms with Gasteiger partial charge in [-0.3, -0.25) is 0 Å². The molecule has 2 unspecified atom stereocenters. The van der Waals surface area contributed by atoms with Crippen molar-refractivity contribution in [3.8, 4) is 0 Å². The standard InChI is InChI=1S/2C10H20O3.2C3H6O2.Ti/c2*1-2-3-4-5-6-7-8-9(11)10(12)13;2*1-2-3(4)5;/h2*9,11H,2-8H2,1H3,(H,12,13);2*2H2,1H3,(H,4,5);/q;;;;+4/p-4. The summed E-state index contributed by atoms with van der Waals surface area (Å²) in [5.41, 5.74) is 0. The topological polar surface area (TPSA) is 201 Å². The Balaban J connectivity index is -0.000000133. The number of hydrogen-bond acceptors (Lipinski definition) is 10. The summed E-state index contributed by atoms with van der Waals surface area (Å²) in [5.74, 6) is -4.70. The van der Waals surface area contributed by atoms with E-state index in [1.165, 1.54) is 52.4 Å². The summed E-state index contributed by atoms with van der Waals surface area (Å²) in [5, 5.41) is 56.5. The van der Waals surface area contributed by atoms with Gasteiger partial charge in [0.1, 0.15) is 0 Å². The predicted molar refractivity (Wildman–Crippen MR) is 129 cm³/mol. The molecule has 10 nitrogen and oxygen atoms in total. The van der Waals surface area contributed by atoms with E-state index in [1.807, 2.05) is 0 Å². The third-order valence-corrected chi connectivity index (χ3v) is 4.78. The van der Waals surface area contributed by atoms with Gasteiger partial charge in [0.15, 0.2) is 0 Å². The maximum Gasteiger partial charge on any atom is 4.00 e. The van der Waals surface area contributed by atoms with Gasteiger partial charge in [-0.1, -0.05) is 105 Å². The molecule has 37 heavy (non-hydrogen) atoms. The van der Waals surface area contributed by atoms with Crippen molar-refractivity contribution in [3.63, 3.8) is 0 Å². The van der Waals surface area contributed by atoms with Crippen LogP contribution in [0.25, 0.3) is 0 Å². The summed E-state index contributed by atoms with van der Waals surface area (Å²) in [6.45, 7) is 7.38. The molecule has 0 rings (SSSR count). The first kappa shape index (κ1) is 45.4. The van der Waals surface area contributed by atoms with E-state index in [0.29, 0.717) is 12.8 Å². The molecule has 0 aliphatic heterocycles. The first-order chi connectivity index (χ1) is 16.9. The van der Waals surface area contributed by atoms with Crippen LogP contribution in [-0.4, -0.2) is 46.3 Å². The van der Waals surface area contributed by atoms with Crippen molar-refractivity contribution in [3.05, 3.63) is 0 Å². The molecule has 0 saturated carbocycles. The quantitative estimate of drug-likeness (QED) is 0.167. The van der Waals surface area contributed by atoms with E-state index in [1.54, 1.807) is 0 Å². The molecule has 0 amide bonds. The Kier molecular flexibility index (Phi) is 45.0. The summed E-state index contributed by atoms with van der Waals surface area (Å²) < 4.78 is 0. The van der Waals surface area contributed by atoms with E-state index in [0.717, 1.165) is 38.5 Å². The fourth-order valence-corrected chi connectivity index (χ4v) is 2.47. The van der Waals surface area contributed by atoms with E-state index in [-0.39, 0.29) is 34.6 Å². The molecule has 0 radical (unpaired) electrons. The predicted octanol–water partition coefficient (Wildman–Crippen LogP) is -0.0143. The Labute approximate surface area is 237 Å². The van der Waals surface area contributed by atoms with Crippen molar-refractivity contribution in [2.24, 2.45) is 0 Å². The van der Waals surface area contributed by atoms with Crippen LogP contribution in [-0.2, 0) is 40.9 Å². The van der Waals surface area contributed by atoms with Crippen LogP contribution in [0.5, 0.6) is 0 Å². The Bertz CT molecular complexity index is 483. The second kappa shape index (κ2) is 36.7. The maximum atomic E-state index is 10.1. The van der Waals surface area contributed by atoms with Gasteiger partial charge in [-0.2, -0.15) is 0 Å². The maximum absolute atomic E-state index is 10.1. The second-order valence-electron chi connectivity index (χ2n) is 8.23. The van der Waals surface area contributed by atoms with Crippen LogP contribution in [0.3, 0.4) is 0 Å². The summed E-state index contributed by atoms with van der Waals surface area (Å²) in [7, 11) is 0. The molecule has 0 aromatic rings. The summed E-state index contributed by atoms with van der Waals surface area (Å²) in [6.07, 6.45) is 11.5. The third-order valence-electron chi connectivity index (χ3n) is 4.78. The van der Waals surface area contributed by atoms with Crippen molar-refractivity contribution in [1.29, 1.82) is 0 Å². The number of aliphatic hydroxyl groups excluding tert-OH is 2. The zero-order valence-corrected chi connectivity index (χ0v) is 24.7. The Morgan fingerprint density at radius 3 is 0.919 bits per heavy atom. The minimum Gasteiger partial charge on any atom is -0.550 e. The summed E-state index contributed by atoms with van der Waals surface area (Å²) in [6, 6.07) is 0. The number of carbonyl (C=O) groups is 4. The van der Waals surface area contributed by atoms with Gasteiger partial charge >= 0.3 is 21.7 Å². The molecule has 0 aromatic heterocycles. The minimum atomic E-state index is -1.35. The van der Waals surface area contributed by atoms with Gasteiger partial charge in [0.2, 0.25) is 0 Å². The van der Waals surface area contributed by atoms with Crippen LogP contribution >= 0.6 is 0 Å². The molecule has 0 spiro atoms. The van der Waals surface area contributed by atoms with Crippen molar-refractivity contribution in [2.75, 3.05) is 0 Å². The van der Waals surface area contributed by atoms with Crippen LogP contribution in [0, 0.1) is 0 Å². The molecule has 2 atom stereocenters. The average molecular weight is 569 g/mol. The number of carbonyl (C=O) groups excluding carboxylic acids is 4. The van der Waals surface area contributed by atoms with Crippen LogP contribution in [0.1, 0.15) is 130 Å². The Morgan fingerprint density at radius 1 is 0.514 bits per heavy atom. The van der Waals surface area contributed by atoms with E-state index in [2.05, 4.69) is 13.8 Å². The Hall–Kier alpha value is -1.49. The minimum absolute atomic E-state index is 0. The number of carboxylic acids is 4. The molecule has 0 heterocycles. The van der Waals surface area contributed by atoms with Crippen LogP contribution in [0.15, 0.2) is 0 Å². The van der Waals surface area contributed by atoms with E-state index in [9.17, 15) is 39.6 Å². The normalized spacial score (nSPS) is 11.0. The van der Waals surface area contributed by atoms with Gasteiger partial charge < -0.3 is 49.8 Å². The van der Waals surface area contributed by atoms with Crippen LogP contribution in [0.4, 0.5) is 0 Å². The summed E-state index contributed by atoms with van der Waals surface area (Å²) >= 11 is 0. The molecule has 0 aliphatic carbocycles. The van der Waals surface area contributed by atoms with E-state index in [4.69, 9.17) is 10.2 Å². The van der Waals surface area contributed by atoms with Gasteiger partial charge in [-0.25, -0.2) is 0 Å². The molecule has 0 saturated heterocycles. The molecule has 11 heteroatoms. The number of aliphatic carboxylic acids is 4. The van der Waals surface area contributed by atoms with Crippen molar-refractivity contribution in [2.45, 2.75) is 143 Å². The zero-order chi connectivity index (χ0) is 28.8. The second-order valence-corrected chi connectivity index (χ2v) is 8.23. The van der Waals surface area contributed by atoms with Gasteiger partial charge in [-0.05, 0) is 25.7 Å². The SMILES string of the molecule is CCC(=O)[O-].CCC(=O)[O-].CCCCCCCCC(O)C(=O)[O-].CCCCCCCCC(O)C(=O)[O-].[Ti+4]. The van der Waals surface area contributed by atoms with Crippen molar-refractivity contribution < 1.29 is 71.5 Å². The Morgan fingerprint density at radius 2 is 0.730 bits per heavy atom. The number of unbranched alkanes of at least 4 members (excludes halogenated alkanes) is 10. The molecule has 0 aromatic carbocycles. The van der Waals surface area contributed by atoms with Gasteiger partial charge in [0, 0.05) is 11.9 Å². The van der Waals surface area contributed by atoms with Crippen molar-refractivity contribution >= 4 is 23.9 Å². The molecular formula is C26H48O10Ti. The van der Waals surface area contributed by atoms with E-state index < -0.39 is 36.1 Å². The molecule has 0 aliphatic rings. The first-order valence-corrected chi connectivity index (χ1v) is 13.1. The number of hydrogen-bond donors (Lipinski definition) is 2. The fourth-order valence-electron chi connectivity index (χ4n) is 2.47. The third kappa shape index (κ3) is 51.9. The van der Waals surface area contributed by atoms with Crippen LogP contribution < -0.4 is 20.4 Å².